The molecule has 1 amide bonds. The third kappa shape index (κ3) is 3.27. The summed E-state index contributed by atoms with van der Waals surface area (Å²) in [5, 5.41) is 0. The summed E-state index contributed by atoms with van der Waals surface area (Å²) < 4.78 is 12.1. The molecule has 0 spiro atoms. The van der Waals surface area contributed by atoms with Crippen LogP contribution in [-0.4, -0.2) is 5.91 Å². The molecule has 1 aromatic heterocycles. The topological polar surface area (TPSA) is 77.5 Å². The first-order valence-corrected chi connectivity index (χ1v) is 6.67. The third-order valence-electron chi connectivity index (χ3n) is 2.51. The van der Waals surface area contributed by atoms with E-state index >= 15 is 0 Å². The molecule has 0 saturated carbocycles. The second kappa shape index (κ2) is 6.07. The van der Waals surface area contributed by atoms with Crippen LogP contribution in [0.2, 0.25) is 0 Å². The number of nitrogen functional groups attached to an aromatic ring is 1. The summed E-state index contributed by atoms with van der Waals surface area (Å²) in [6.07, 6.45) is 0. The van der Waals surface area contributed by atoms with Gasteiger partial charge in [0.15, 0.2) is 5.76 Å². The van der Waals surface area contributed by atoms with E-state index in [0.29, 0.717) is 5.76 Å². The lowest BCUT2D eigenvalue weighted by atomic mass is 10.2. The average molecular weight is 372 g/mol. The number of ether oxygens (including phenoxy) is 1. The van der Waals surface area contributed by atoms with Crippen molar-refractivity contribution in [2.24, 2.45) is 5.84 Å². The van der Waals surface area contributed by atoms with E-state index in [4.69, 9.17) is 15.0 Å². The minimum atomic E-state index is -0.446. The number of hydrogen-bond donors (Lipinski definition) is 2. The molecular formula is C13H13IN2O3. The van der Waals surface area contributed by atoms with Gasteiger partial charge in [0.1, 0.15) is 18.1 Å². The minimum Gasteiger partial charge on any atom is -0.485 e. The number of carbonyl (C=O) groups excluding carboxylic acids is 1. The normalized spacial score (nSPS) is 10.3. The van der Waals surface area contributed by atoms with Crippen LogP contribution in [0.3, 0.4) is 0 Å². The fourth-order valence-corrected chi connectivity index (χ4v) is 2.16. The highest BCUT2D eigenvalue weighted by molar-refractivity contribution is 14.1. The summed E-state index contributed by atoms with van der Waals surface area (Å²) in [7, 11) is 0. The number of halogens is 1. The number of benzene rings is 1. The Morgan fingerprint density at radius 1 is 1.47 bits per heavy atom. The maximum Gasteiger partial charge on any atom is 0.301 e. The number of furan rings is 1. The van der Waals surface area contributed by atoms with Crippen LogP contribution in [0.25, 0.3) is 0 Å². The van der Waals surface area contributed by atoms with Crippen LogP contribution in [0.5, 0.6) is 5.75 Å². The highest BCUT2D eigenvalue weighted by Crippen LogP contribution is 2.22. The van der Waals surface area contributed by atoms with Gasteiger partial charge in [-0.1, -0.05) is 12.1 Å². The lowest BCUT2D eigenvalue weighted by Gasteiger charge is -2.05. The SMILES string of the molecule is Cc1cc(COc2ccccc2I)oc1C(=O)NN. The number of hydrazine groups is 1. The van der Waals surface area contributed by atoms with E-state index in [-0.39, 0.29) is 12.4 Å². The maximum atomic E-state index is 11.4. The van der Waals surface area contributed by atoms with Crippen LogP contribution in [0.4, 0.5) is 0 Å². The van der Waals surface area contributed by atoms with Crippen LogP contribution in [0.15, 0.2) is 34.7 Å². The van der Waals surface area contributed by atoms with Gasteiger partial charge >= 0.3 is 5.91 Å². The summed E-state index contributed by atoms with van der Waals surface area (Å²) in [4.78, 5) is 11.4. The van der Waals surface area contributed by atoms with E-state index in [1.54, 1.807) is 13.0 Å². The molecule has 0 saturated heterocycles. The van der Waals surface area contributed by atoms with Crippen LogP contribution >= 0.6 is 22.6 Å². The summed E-state index contributed by atoms with van der Waals surface area (Å²) in [6, 6.07) is 9.44. The van der Waals surface area contributed by atoms with Gasteiger partial charge in [-0.25, -0.2) is 5.84 Å². The Morgan fingerprint density at radius 3 is 2.89 bits per heavy atom. The van der Waals surface area contributed by atoms with Crippen molar-refractivity contribution in [3.63, 3.8) is 0 Å². The number of amides is 1. The maximum absolute atomic E-state index is 11.4. The number of aryl methyl sites for hydroxylation is 1. The fourth-order valence-electron chi connectivity index (χ4n) is 1.62. The summed E-state index contributed by atoms with van der Waals surface area (Å²) in [5.74, 6) is 6.20. The molecule has 0 aliphatic rings. The van der Waals surface area contributed by atoms with Crippen LogP contribution < -0.4 is 16.0 Å². The molecule has 1 heterocycles. The van der Waals surface area contributed by atoms with E-state index in [1.165, 1.54) is 0 Å². The molecule has 3 N–H and O–H groups in total. The summed E-state index contributed by atoms with van der Waals surface area (Å²) in [6.45, 7) is 2.04. The monoisotopic (exact) mass is 372 g/mol. The van der Waals surface area contributed by atoms with Gasteiger partial charge in [-0.05, 0) is 47.7 Å². The molecular weight excluding hydrogens is 359 g/mol. The Morgan fingerprint density at radius 2 is 2.21 bits per heavy atom. The van der Waals surface area contributed by atoms with Crippen molar-refractivity contribution in [1.82, 2.24) is 5.43 Å². The quantitative estimate of drug-likeness (QED) is 0.374. The molecule has 0 aliphatic heterocycles. The molecule has 0 fully saturated rings. The van der Waals surface area contributed by atoms with Crippen molar-refractivity contribution < 1.29 is 13.9 Å². The third-order valence-corrected chi connectivity index (χ3v) is 3.40. The van der Waals surface area contributed by atoms with Gasteiger partial charge in [-0.2, -0.15) is 0 Å². The Labute approximate surface area is 124 Å². The minimum absolute atomic E-state index is 0.212. The van der Waals surface area contributed by atoms with Crippen molar-refractivity contribution in [2.45, 2.75) is 13.5 Å². The van der Waals surface area contributed by atoms with Gasteiger partial charge in [0.25, 0.3) is 0 Å². The predicted octanol–water partition coefficient (Wildman–Crippen LogP) is 2.38. The molecule has 0 aliphatic carbocycles. The molecule has 1 aromatic carbocycles. The van der Waals surface area contributed by atoms with Crippen LogP contribution in [-0.2, 0) is 6.61 Å². The van der Waals surface area contributed by atoms with Gasteiger partial charge < -0.3 is 9.15 Å². The van der Waals surface area contributed by atoms with E-state index in [2.05, 4.69) is 22.6 Å². The smallest absolute Gasteiger partial charge is 0.301 e. The van der Waals surface area contributed by atoms with E-state index < -0.39 is 5.91 Å². The summed E-state index contributed by atoms with van der Waals surface area (Å²) >= 11 is 2.20. The first kappa shape index (κ1) is 13.9. The number of rotatable bonds is 4. The van der Waals surface area contributed by atoms with E-state index in [0.717, 1.165) is 14.9 Å². The van der Waals surface area contributed by atoms with Gasteiger partial charge in [-0.15, -0.1) is 0 Å². The molecule has 2 aromatic rings. The Balaban J connectivity index is 2.09. The molecule has 0 unspecified atom stereocenters. The van der Waals surface area contributed by atoms with Crippen molar-refractivity contribution >= 4 is 28.5 Å². The highest BCUT2D eigenvalue weighted by Gasteiger charge is 2.15. The first-order valence-electron chi connectivity index (χ1n) is 5.59. The van der Waals surface area contributed by atoms with Gasteiger partial charge in [0, 0.05) is 5.56 Å². The molecule has 100 valence electrons. The largest absolute Gasteiger partial charge is 0.485 e. The Kier molecular flexibility index (Phi) is 4.43. The van der Waals surface area contributed by atoms with Gasteiger partial charge in [0.05, 0.1) is 3.57 Å². The molecule has 0 atom stereocenters. The Hall–Kier alpha value is -1.54. The standard InChI is InChI=1S/C13H13IN2O3/c1-8-6-9(19-12(8)13(17)16-15)7-18-11-5-3-2-4-10(11)14/h2-6H,7,15H2,1H3,(H,16,17). The fraction of sp³-hybridized carbons (Fsp3) is 0.154. The van der Waals surface area contributed by atoms with Crippen molar-refractivity contribution in [3.8, 4) is 5.75 Å². The second-order valence-corrected chi connectivity index (χ2v) is 5.08. The highest BCUT2D eigenvalue weighted by atomic mass is 127. The van der Waals surface area contributed by atoms with E-state index in [1.807, 2.05) is 29.7 Å². The predicted molar refractivity (Wildman–Crippen MR) is 78.6 cm³/mol. The second-order valence-electron chi connectivity index (χ2n) is 3.92. The molecule has 6 heteroatoms. The number of carbonyl (C=O) groups is 1. The number of nitrogens with one attached hydrogen (secondary N) is 1. The first-order chi connectivity index (χ1) is 9.11. The summed E-state index contributed by atoms with van der Waals surface area (Å²) in [5.41, 5.74) is 2.77. The average Bonchev–Trinajstić information content (AvgIpc) is 2.78. The van der Waals surface area contributed by atoms with Gasteiger partial charge in [-0.3, -0.25) is 10.2 Å². The number of para-hydroxylation sites is 1. The lowest BCUT2D eigenvalue weighted by molar-refractivity contribution is 0.0921. The molecule has 5 nitrogen and oxygen atoms in total. The number of hydrogen-bond acceptors (Lipinski definition) is 4. The van der Waals surface area contributed by atoms with Gasteiger partial charge in [0.2, 0.25) is 0 Å². The van der Waals surface area contributed by atoms with E-state index in [9.17, 15) is 4.79 Å². The zero-order chi connectivity index (χ0) is 13.8. The van der Waals surface area contributed by atoms with Crippen molar-refractivity contribution in [1.29, 1.82) is 0 Å². The Bertz CT molecular complexity index is 595. The molecule has 0 bridgehead atoms. The lowest BCUT2D eigenvalue weighted by Crippen LogP contribution is -2.30. The zero-order valence-corrected chi connectivity index (χ0v) is 12.4. The molecule has 2 rings (SSSR count). The number of nitrogens with two attached hydrogens (primary N) is 1. The van der Waals surface area contributed by atoms with Crippen molar-refractivity contribution in [3.05, 3.63) is 51.0 Å². The molecule has 19 heavy (non-hydrogen) atoms. The van der Waals surface area contributed by atoms with Crippen LogP contribution in [0, 0.1) is 10.5 Å². The zero-order valence-electron chi connectivity index (χ0n) is 10.3. The molecule has 0 radical (unpaired) electrons. The van der Waals surface area contributed by atoms with Crippen LogP contribution in [0.1, 0.15) is 21.9 Å². The van der Waals surface area contributed by atoms with Crippen molar-refractivity contribution in [2.75, 3.05) is 0 Å².